The minimum Gasteiger partial charge on any atom is -0.300 e. The molecule has 3 aromatic rings. The van der Waals surface area contributed by atoms with Crippen LogP contribution in [0, 0.1) is 0 Å². The molecule has 0 amide bonds. The number of benzene rings is 1. The Hall–Kier alpha value is -1.79. The molecular formula is C22H24N2OS2. The largest absolute Gasteiger partial charge is 0.300 e. The maximum Gasteiger partial charge on any atom is 0.174 e. The maximum atomic E-state index is 12.6. The number of ketones is 1. The highest BCUT2D eigenvalue weighted by atomic mass is 32.1. The van der Waals surface area contributed by atoms with E-state index in [0.29, 0.717) is 6.42 Å². The van der Waals surface area contributed by atoms with Gasteiger partial charge in [-0.3, -0.25) is 9.69 Å². The molecule has 0 aliphatic carbocycles. The molecule has 0 bridgehead atoms. The predicted octanol–water partition coefficient (Wildman–Crippen LogP) is 4.87. The van der Waals surface area contributed by atoms with Crippen molar-refractivity contribution < 1.29 is 4.79 Å². The van der Waals surface area contributed by atoms with Crippen LogP contribution >= 0.6 is 22.7 Å². The standard InChI is InChI=1S/C22H24N2OS2/c25-19(20-8-9-22(27-20)21-7-4-16-26-21)10-11-23-12-14-24(15-13-23)17-18-5-2-1-3-6-18/h1-9,16H,10-15,17H2. The zero-order chi connectivity index (χ0) is 18.5. The van der Waals surface area contributed by atoms with Crippen LogP contribution in [0.3, 0.4) is 0 Å². The van der Waals surface area contributed by atoms with Crippen LogP contribution < -0.4 is 0 Å². The van der Waals surface area contributed by atoms with Crippen molar-refractivity contribution >= 4 is 28.5 Å². The van der Waals surface area contributed by atoms with Gasteiger partial charge in [-0.25, -0.2) is 0 Å². The monoisotopic (exact) mass is 396 g/mol. The zero-order valence-electron chi connectivity index (χ0n) is 15.3. The van der Waals surface area contributed by atoms with Crippen molar-refractivity contribution in [3.05, 3.63) is 70.4 Å². The third kappa shape index (κ3) is 4.93. The molecule has 0 atom stereocenters. The Morgan fingerprint density at radius 3 is 2.37 bits per heavy atom. The molecule has 0 N–H and O–H groups in total. The van der Waals surface area contributed by atoms with Crippen LogP contribution in [-0.2, 0) is 6.54 Å². The van der Waals surface area contributed by atoms with Crippen LogP contribution in [0.2, 0.25) is 0 Å². The van der Waals surface area contributed by atoms with E-state index in [1.807, 2.05) is 6.07 Å². The van der Waals surface area contributed by atoms with Gasteiger partial charge in [0, 0.05) is 55.4 Å². The fourth-order valence-corrected chi connectivity index (χ4v) is 5.24. The molecule has 27 heavy (non-hydrogen) atoms. The van der Waals surface area contributed by atoms with Crippen LogP contribution in [0.5, 0.6) is 0 Å². The number of thiophene rings is 2. The van der Waals surface area contributed by atoms with Crippen molar-refractivity contribution in [1.82, 2.24) is 9.80 Å². The summed E-state index contributed by atoms with van der Waals surface area (Å²) in [7, 11) is 0. The Kier molecular flexibility index (Phi) is 6.14. The third-order valence-electron chi connectivity index (χ3n) is 5.01. The number of hydrogen-bond donors (Lipinski definition) is 0. The van der Waals surface area contributed by atoms with E-state index in [-0.39, 0.29) is 5.78 Å². The van der Waals surface area contributed by atoms with E-state index < -0.39 is 0 Å². The summed E-state index contributed by atoms with van der Waals surface area (Å²) in [5.41, 5.74) is 1.38. The summed E-state index contributed by atoms with van der Waals surface area (Å²) in [5.74, 6) is 0.273. The number of nitrogens with zero attached hydrogens (tertiary/aromatic N) is 2. The van der Waals surface area contributed by atoms with Gasteiger partial charge in [0.1, 0.15) is 0 Å². The van der Waals surface area contributed by atoms with Gasteiger partial charge in [0.15, 0.2) is 5.78 Å². The summed E-state index contributed by atoms with van der Waals surface area (Å²) in [6, 6.07) is 18.9. The van der Waals surface area contributed by atoms with Crippen molar-refractivity contribution in [2.75, 3.05) is 32.7 Å². The van der Waals surface area contributed by atoms with E-state index in [1.165, 1.54) is 15.3 Å². The van der Waals surface area contributed by atoms with Gasteiger partial charge in [-0.1, -0.05) is 36.4 Å². The first-order chi connectivity index (χ1) is 13.3. The molecule has 3 nitrogen and oxygen atoms in total. The molecule has 1 aliphatic heterocycles. The molecular weight excluding hydrogens is 372 g/mol. The minimum absolute atomic E-state index is 0.273. The number of Topliss-reactive ketones (excluding diaryl/α,β-unsaturated/α-hetero) is 1. The van der Waals surface area contributed by atoms with E-state index in [4.69, 9.17) is 0 Å². The van der Waals surface area contributed by atoms with E-state index >= 15 is 0 Å². The van der Waals surface area contributed by atoms with E-state index in [2.05, 4.69) is 63.7 Å². The van der Waals surface area contributed by atoms with Crippen molar-refractivity contribution in [2.24, 2.45) is 0 Å². The Balaban J connectivity index is 1.22. The predicted molar refractivity (Wildman–Crippen MR) is 115 cm³/mol. The van der Waals surface area contributed by atoms with Crippen molar-refractivity contribution in [3.63, 3.8) is 0 Å². The highest BCUT2D eigenvalue weighted by Crippen LogP contribution is 2.32. The highest BCUT2D eigenvalue weighted by molar-refractivity contribution is 7.22. The van der Waals surface area contributed by atoms with Gasteiger partial charge in [0.2, 0.25) is 0 Å². The molecule has 2 aromatic heterocycles. The lowest BCUT2D eigenvalue weighted by atomic mass is 10.2. The van der Waals surface area contributed by atoms with Gasteiger partial charge >= 0.3 is 0 Å². The smallest absolute Gasteiger partial charge is 0.174 e. The zero-order valence-corrected chi connectivity index (χ0v) is 17.0. The Morgan fingerprint density at radius 2 is 1.63 bits per heavy atom. The number of piperazine rings is 1. The second-order valence-corrected chi connectivity index (χ2v) is 8.95. The number of rotatable bonds is 7. The lowest BCUT2D eigenvalue weighted by Gasteiger charge is -2.34. The second-order valence-electron chi connectivity index (χ2n) is 6.92. The summed E-state index contributed by atoms with van der Waals surface area (Å²) in [4.78, 5) is 20.8. The average molecular weight is 397 g/mol. The first kappa shape index (κ1) is 18.6. The molecule has 1 saturated heterocycles. The third-order valence-corrected chi connectivity index (χ3v) is 7.21. The molecule has 1 aromatic carbocycles. The van der Waals surface area contributed by atoms with Gasteiger partial charge in [0.05, 0.1) is 4.88 Å². The van der Waals surface area contributed by atoms with Crippen LogP contribution in [0.25, 0.3) is 9.75 Å². The van der Waals surface area contributed by atoms with Crippen LogP contribution in [0.15, 0.2) is 60.0 Å². The summed E-state index contributed by atoms with van der Waals surface area (Å²) in [6.07, 6.45) is 0.614. The lowest BCUT2D eigenvalue weighted by molar-refractivity contribution is 0.0926. The number of carbonyl (C=O) groups excluding carboxylic acids is 1. The molecule has 3 heterocycles. The van der Waals surface area contributed by atoms with Gasteiger partial charge in [-0.2, -0.15) is 0 Å². The van der Waals surface area contributed by atoms with Gasteiger partial charge in [-0.05, 0) is 29.1 Å². The van der Waals surface area contributed by atoms with Gasteiger partial charge < -0.3 is 4.90 Å². The van der Waals surface area contributed by atoms with Crippen LogP contribution in [0.4, 0.5) is 0 Å². The summed E-state index contributed by atoms with van der Waals surface area (Å²) in [5, 5.41) is 2.08. The molecule has 140 valence electrons. The number of hydrogen-bond acceptors (Lipinski definition) is 5. The van der Waals surface area contributed by atoms with Crippen molar-refractivity contribution in [1.29, 1.82) is 0 Å². The minimum atomic E-state index is 0.273. The topological polar surface area (TPSA) is 23.6 Å². The summed E-state index contributed by atoms with van der Waals surface area (Å²) in [6.45, 7) is 6.13. The van der Waals surface area contributed by atoms with Crippen molar-refractivity contribution in [3.8, 4) is 9.75 Å². The first-order valence-electron chi connectivity index (χ1n) is 9.43. The van der Waals surface area contributed by atoms with Crippen LogP contribution in [0.1, 0.15) is 21.7 Å². The van der Waals surface area contributed by atoms with Gasteiger partial charge in [0.25, 0.3) is 0 Å². The number of carbonyl (C=O) groups is 1. The van der Waals surface area contributed by atoms with E-state index in [1.54, 1.807) is 22.7 Å². The fourth-order valence-electron chi connectivity index (χ4n) is 3.43. The maximum absolute atomic E-state index is 12.6. The normalized spacial score (nSPS) is 15.9. The average Bonchev–Trinajstić information content (AvgIpc) is 3.40. The SMILES string of the molecule is O=C(CCN1CCN(Cc2ccccc2)CC1)c1ccc(-c2cccs2)s1. The quantitative estimate of drug-likeness (QED) is 0.533. The molecule has 1 fully saturated rings. The van der Waals surface area contributed by atoms with E-state index in [9.17, 15) is 4.79 Å². The van der Waals surface area contributed by atoms with Gasteiger partial charge in [-0.15, -0.1) is 22.7 Å². The van der Waals surface area contributed by atoms with Crippen molar-refractivity contribution in [2.45, 2.75) is 13.0 Å². The lowest BCUT2D eigenvalue weighted by Crippen LogP contribution is -2.46. The second kappa shape index (κ2) is 8.93. The molecule has 0 saturated carbocycles. The molecule has 0 radical (unpaired) electrons. The molecule has 5 heteroatoms. The summed E-state index contributed by atoms with van der Waals surface area (Å²) < 4.78 is 0. The molecule has 0 spiro atoms. The highest BCUT2D eigenvalue weighted by Gasteiger charge is 2.18. The molecule has 4 rings (SSSR count). The Labute approximate surface area is 168 Å². The van der Waals surface area contributed by atoms with E-state index in [0.717, 1.165) is 44.1 Å². The first-order valence-corrected chi connectivity index (χ1v) is 11.1. The fraction of sp³-hybridized carbons (Fsp3) is 0.318. The molecule has 1 aliphatic rings. The van der Waals surface area contributed by atoms with Crippen LogP contribution in [-0.4, -0.2) is 48.3 Å². The molecule has 0 unspecified atom stereocenters. The summed E-state index contributed by atoms with van der Waals surface area (Å²) >= 11 is 3.35. The Bertz CT molecular complexity index is 850. The Morgan fingerprint density at radius 1 is 0.852 bits per heavy atom.